The fourth-order valence-corrected chi connectivity index (χ4v) is 3.39. The first-order valence-corrected chi connectivity index (χ1v) is 9.97. The van der Waals surface area contributed by atoms with E-state index in [0.29, 0.717) is 5.69 Å². The predicted molar refractivity (Wildman–Crippen MR) is 110 cm³/mol. The van der Waals surface area contributed by atoms with Crippen LogP contribution < -0.4 is 10.2 Å². The van der Waals surface area contributed by atoms with E-state index in [4.69, 9.17) is 4.74 Å². The van der Waals surface area contributed by atoms with Crippen LogP contribution in [-0.4, -0.2) is 44.7 Å². The van der Waals surface area contributed by atoms with Gasteiger partial charge in [-0.15, -0.1) is 0 Å². The summed E-state index contributed by atoms with van der Waals surface area (Å²) in [5, 5.41) is 3.09. The minimum atomic E-state index is -2.60. The van der Waals surface area contributed by atoms with E-state index >= 15 is 0 Å². The van der Waals surface area contributed by atoms with Crippen LogP contribution in [0.1, 0.15) is 25.6 Å². The van der Waals surface area contributed by atoms with Crippen molar-refractivity contribution in [2.45, 2.75) is 32.4 Å². The van der Waals surface area contributed by atoms with E-state index in [1.807, 2.05) is 6.92 Å². The summed E-state index contributed by atoms with van der Waals surface area (Å²) in [6.45, 7) is 3.08. The Morgan fingerprint density at radius 2 is 1.91 bits per heavy atom. The molecule has 11 heteroatoms. The minimum Gasteiger partial charge on any atom is -0.447 e. The quantitative estimate of drug-likeness (QED) is 0.586. The molecule has 3 aromatic rings. The van der Waals surface area contributed by atoms with Gasteiger partial charge in [-0.3, -0.25) is 4.90 Å². The Morgan fingerprint density at radius 1 is 1.16 bits per heavy atom. The van der Waals surface area contributed by atoms with Crippen LogP contribution in [0.3, 0.4) is 0 Å². The van der Waals surface area contributed by atoms with Gasteiger partial charge < -0.3 is 14.6 Å². The van der Waals surface area contributed by atoms with E-state index in [2.05, 4.69) is 20.3 Å². The molecule has 1 N–H and O–H groups in total. The number of alkyl halides is 2. The number of amides is 1. The molecule has 32 heavy (non-hydrogen) atoms. The molecule has 8 nitrogen and oxygen atoms in total. The Morgan fingerprint density at radius 3 is 2.62 bits per heavy atom. The monoisotopic (exact) mass is 446 g/mol. The van der Waals surface area contributed by atoms with E-state index in [0.717, 1.165) is 10.6 Å². The van der Waals surface area contributed by atoms with Gasteiger partial charge in [-0.05, 0) is 37.3 Å². The summed E-state index contributed by atoms with van der Waals surface area (Å²) in [7, 11) is 0. The van der Waals surface area contributed by atoms with Gasteiger partial charge in [-0.25, -0.2) is 27.9 Å². The standard InChI is InChI=1S/C21H21F3N6O2/c1-12(19(23)24)17-10-32-21(31)30(17)18-7-8-25-20(28-18)27-13(2)16-9-29(11-26-16)15-5-3-14(22)4-6-15/h3-9,11-13,17,19H,10H2,1-2H3,(H,25,27,28)/t12?,13-,17?/m0/s1. The number of ether oxygens (including phenoxy) is 1. The Hall–Kier alpha value is -3.63. The first kappa shape index (κ1) is 21.6. The van der Waals surface area contributed by atoms with Gasteiger partial charge in [0.15, 0.2) is 0 Å². The zero-order valence-electron chi connectivity index (χ0n) is 17.3. The van der Waals surface area contributed by atoms with Gasteiger partial charge in [-0.1, -0.05) is 6.92 Å². The summed E-state index contributed by atoms with van der Waals surface area (Å²) in [6, 6.07) is 6.33. The third kappa shape index (κ3) is 4.36. The van der Waals surface area contributed by atoms with Crippen molar-refractivity contribution in [3.8, 4) is 5.69 Å². The molecule has 0 spiro atoms. The molecule has 1 fully saturated rings. The van der Waals surface area contributed by atoms with Crippen molar-refractivity contribution in [2.75, 3.05) is 16.8 Å². The third-order valence-electron chi connectivity index (χ3n) is 5.31. The molecule has 3 heterocycles. The number of rotatable bonds is 7. The topological polar surface area (TPSA) is 85.2 Å². The summed E-state index contributed by atoms with van der Waals surface area (Å²) in [5.41, 5.74) is 1.43. The normalized spacial score (nSPS) is 18.0. The number of aromatic nitrogens is 4. The average Bonchev–Trinajstić information content (AvgIpc) is 3.41. The zero-order chi connectivity index (χ0) is 22.8. The van der Waals surface area contributed by atoms with Gasteiger partial charge in [-0.2, -0.15) is 4.98 Å². The van der Waals surface area contributed by atoms with Crippen LogP contribution >= 0.6 is 0 Å². The van der Waals surface area contributed by atoms with Crippen LogP contribution in [0.2, 0.25) is 0 Å². The van der Waals surface area contributed by atoms with Gasteiger partial charge in [0.1, 0.15) is 18.2 Å². The number of nitrogens with zero attached hydrogens (tertiary/aromatic N) is 5. The maximum atomic E-state index is 13.2. The summed E-state index contributed by atoms with van der Waals surface area (Å²) in [5.74, 6) is -1.03. The van der Waals surface area contributed by atoms with E-state index in [1.165, 1.54) is 31.3 Å². The molecule has 168 valence electrons. The molecule has 2 unspecified atom stereocenters. The molecule has 0 aliphatic carbocycles. The van der Waals surface area contributed by atoms with Crippen LogP contribution in [0, 0.1) is 11.7 Å². The maximum absolute atomic E-state index is 13.2. The first-order chi connectivity index (χ1) is 15.3. The number of nitrogens with one attached hydrogen (secondary N) is 1. The number of benzene rings is 1. The van der Waals surface area contributed by atoms with E-state index in [1.54, 1.807) is 29.2 Å². The summed E-state index contributed by atoms with van der Waals surface area (Å²) in [6.07, 6.45) is 1.50. The largest absolute Gasteiger partial charge is 0.447 e. The fourth-order valence-electron chi connectivity index (χ4n) is 3.39. The van der Waals surface area contributed by atoms with E-state index < -0.39 is 24.5 Å². The lowest BCUT2D eigenvalue weighted by molar-refractivity contribution is 0.0685. The number of halogens is 3. The number of hydrogen-bond donors (Lipinski definition) is 1. The summed E-state index contributed by atoms with van der Waals surface area (Å²) in [4.78, 5) is 26.1. The molecule has 1 aliphatic heterocycles. The fraction of sp³-hybridized carbons (Fsp3) is 0.333. The lowest BCUT2D eigenvalue weighted by Crippen LogP contribution is -2.41. The van der Waals surface area contributed by atoms with Crippen LogP contribution in [0.25, 0.3) is 5.69 Å². The number of anilines is 2. The number of imidazole rings is 1. The first-order valence-electron chi connectivity index (χ1n) is 9.97. The molecule has 1 amide bonds. The van der Waals surface area contributed by atoms with Crippen molar-refractivity contribution in [1.82, 2.24) is 19.5 Å². The van der Waals surface area contributed by atoms with Gasteiger partial charge >= 0.3 is 6.09 Å². The number of carbonyl (C=O) groups excluding carboxylic acids is 1. The number of hydrogen-bond acceptors (Lipinski definition) is 6. The second kappa shape index (κ2) is 8.85. The van der Waals surface area contributed by atoms with Gasteiger partial charge in [0.05, 0.1) is 24.1 Å². The minimum absolute atomic E-state index is 0.131. The highest BCUT2D eigenvalue weighted by Gasteiger charge is 2.41. The van der Waals surface area contributed by atoms with Crippen LogP contribution in [0.15, 0.2) is 49.1 Å². The summed E-state index contributed by atoms with van der Waals surface area (Å²) >= 11 is 0. The number of cyclic esters (lactones) is 1. The van der Waals surface area contributed by atoms with Gasteiger partial charge in [0.25, 0.3) is 0 Å². The lowest BCUT2D eigenvalue weighted by atomic mass is 10.0. The van der Waals surface area contributed by atoms with Crippen LogP contribution in [-0.2, 0) is 4.74 Å². The second-order valence-electron chi connectivity index (χ2n) is 7.49. The SMILES string of the molecule is CC(C(F)F)C1COC(=O)N1c1ccnc(N[C@@H](C)c2cn(-c3ccc(F)cc3)cn2)n1. The Bertz CT molecular complexity index is 1090. The Balaban J connectivity index is 1.50. The highest BCUT2D eigenvalue weighted by atomic mass is 19.3. The van der Waals surface area contributed by atoms with Gasteiger partial charge in [0, 0.05) is 24.0 Å². The van der Waals surface area contributed by atoms with E-state index in [9.17, 15) is 18.0 Å². The Labute approximate surface area is 182 Å². The van der Waals surface area contributed by atoms with Crippen molar-refractivity contribution >= 4 is 17.9 Å². The maximum Gasteiger partial charge on any atom is 0.415 e. The lowest BCUT2D eigenvalue weighted by Gasteiger charge is -2.25. The van der Waals surface area contributed by atoms with Crippen molar-refractivity contribution in [3.05, 3.63) is 60.6 Å². The molecule has 1 aromatic carbocycles. The van der Waals surface area contributed by atoms with Crippen molar-refractivity contribution in [2.24, 2.45) is 5.92 Å². The van der Waals surface area contributed by atoms with Crippen molar-refractivity contribution in [1.29, 1.82) is 0 Å². The Kier molecular flexibility index (Phi) is 5.97. The predicted octanol–water partition coefficient (Wildman–Crippen LogP) is 4.20. The summed E-state index contributed by atoms with van der Waals surface area (Å²) < 4.78 is 46.3. The zero-order valence-corrected chi connectivity index (χ0v) is 17.3. The van der Waals surface area contributed by atoms with Crippen LogP contribution in [0.4, 0.5) is 29.7 Å². The van der Waals surface area contributed by atoms with Crippen molar-refractivity contribution < 1.29 is 22.7 Å². The number of carbonyl (C=O) groups is 1. The van der Waals surface area contributed by atoms with Crippen LogP contribution in [0.5, 0.6) is 0 Å². The highest BCUT2D eigenvalue weighted by molar-refractivity contribution is 5.89. The molecule has 2 aromatic heterocycles. The molecule has 3 atom stereocenters. The molecule has 1 aliphatic rings. The molecule has 0 radical (unpaired) electrons. The highest BCUT2D eigenvalue weighted by Crippen LogP contribution is 2.29. The molecule has 0 bridgehead atoms. The third-order valence-corrected chi connectivity index (χ3v) is 5.31. The average molecular weight is 446 g/mol. The van der Waals surface area contributed by atoms with Crippen molar-refractivity contribution in [3.63, 3.8) is 0 Å². The molecular weight excluding hydrogens is 425 g/mol. The van der Waals surface area contributed by atoms with Gasteiger partial charge in [0.2, 0.25) is 12.4 Å². The molecule has 1 saturated heterocycles. The van der Waals surface area contributed by atoms with E-state index in [-0.39, 0.29) is 30.2 Å². The molecule has 0 saturated carbocycles. The molecule has 4 rings (SSSR count). The smallest absolute Gasteiger partial charge is 0.415 e. The molecular formula is C21H21F3N6O2. The second-order valence-corrected chi connectivity index (χ2v) is 7.49.